The number of aromatic nitrogens is 2. The van der Waals surface area contributed by atoms with Gasteiger partial charge >= 0.3 is 0 Å². The quantitative estimate of drug-likeness (QED) is 0.565. The van der Waals surface area contributed by atoms with Crippen LogP contribution in [0.2, 0.25) is 0 Å². The molecule has 3 aromatic rings. The summed E-state index contributed by atoms with van der Waals surface area (Å²) in [5.41, 5.74) is 2.61. The minimum atomic E-state index is -0.115. The second-order valence-corrected chi connectivity index (χ2v) is 8.75. The van der Waals surface area contributed by atoms with Crippen molar-refractivity contribution in [1.29, 1.82) is 0 Å². The van der Waals surface area contributed by atoms with Crippen LogP contribution in [0.5, 0.6) is 0 Å². The zero-order chi connectivity index (χ0) is 22.0. The third kappa shape index (κ3) is 4.33. The van der Waals surface area contributed by atoms with E-state index in [0.717, 1.165) is 33.5 Å². The van der Waals surface area contributed by atoms with Crippen LogP contribution in [-0.4, -0.2) is 60.2 Å². The minimum absolute atomic E-state index is 0.0562. The topological polar surface area (TPSA) is 97.6 Å². The first-order chi connectivity index (χ1) is 15.0. The van der Waals surface area contributed by atoms with E-state index in [4.69, 9.17) is 9.26 Å². The van der Waals surface area contributed by atoms with Crippen molar-refractivity contribution in [3.05, 3.63) is 45.8 Å². The minimum Gasteiger partial charge on any atom is -0.383 e. The van der Waals surface area contributed by atoms with E-state index in [1.54, 1.807) is 13.3 Å². The Morgan fingerprint density at radius 3 is 2.97 bits per heavy atom. The van der Waals surface area contributed by atoms with E-state index in [1.807, 2.05) is 30.9 Å². The molecule has 0 aliphatic carbocycles. The van der Waals surface area contributed by atoms with Gasteiger partial charge in [0.25, 0.3) is 5.91 Å². The fraction of sp³-hybridized carbons (Fsp3) is 0.455. The molecular weight excluding hydrogens is 416 g/mol. The second-order valence-electron chi connectivity index (χ2n) is 7.75. The summed E-state index contributed by atoms with van der Waals surface area (Å²) in [5.74, 6) is 0.720. The van der Waals surface area contributed by atoms with E-state index in [1.165, 1.54) is 11.3 Å². The van der Waals surface area contributed by atoms with Gasteiger partial charge in [-0.1, -0.05) is 11.2 Å². The van der Waals surface area contributed by atoms with Gasteiger partial charge in [-0.3, -0.25) is 9.59 Å². The molecule has 3 aromatic heterocycles. The van der Waals surface area contributed by atoms with E-state index in [2.05, 4.69) is 15.5 Å². The molecule has 0 unspecified atom stereocenters. The summed E-state index contributed by atoms with van der Waals surface area (Å²) in [6.45, 7) is 5.83. The van der Waals surface area contributed by atoms with Crippen molar-refractivity contribution >= 4 is 33.4 Å². The number of carbonyl (C=O) groups is 2. The maximum Gasteiger partial charge on any atom is 0.261 e. The molecular formula is C22H26N4O4S. The van der Waals surface area contributed by atoms with Crippen LogP contribution in [0.15, 0.2) is 22.9 Å². The van der Waals surface area contributed by atoms with Crippen molar-refractivity contribution in [2.45, 2.75) is 32.6 Å². The number of ether oxygens (including phenoxy) is 1. The number of pyridine rings is 1. The van der Waals surface area contributed by atoms with E-state index >= 15 is 0 Å². The first kappa shape index (κ1) is 21.5. The SMILES string of the molecule is COCCNC(=O)c1sc2ncccc2c1[C@H]1CCN(C(=O)Cc2c(C)noc2C)C1. The highest BCUT2D eigenvalue weighted by Crippen LogP contribution is 2.39. The number of hydrogen-bond acceptors (Lipinski definition) is 7. The average Bonchev–Trinajstić information content (AvgIpc) is 3.47. The van der Waals surface area contributed by atoms with Gasteiger partial charge in [-0.15, -0.1) is 11.3 Å². The third-order valence-electron chi connectivity index (χ3n) is 5.76. The Hall–Kier alpha value is -2.78. The summed E-state index contributed by atoms with van der Waals surface area (Å²) < 4.78 is 10.2. The predicted molar refractivity (Wildman–Crippen MR) is 117 cm³/mol. The van der Waals surface area contributed by atoms with Gasteiger partial charge in [0.05, 0.1) is 23.6 Å². The van der Waals surface area contributed by atoms with Gasteiger partial charge in [0.2, 0.25) is 5.91 Å². The van der Waals surface area contributed by atoms with Crippen LogP contribution in [0.1, 0.15) is 44.6 Å². The molecule has 2 amide bonds. The van der Waals surface area contributed by atoms with Gasteiger partial charge in [0.1, 0.15) is 10.6 Å². The Kier molecular flexibility index (Phi) is 6.33. The van der Waals surface area contributed by atoms with Crippen LogP contribution in [0.4, 0.5) is 0 Å². The summed E-state index contributed by atoms with van der Waals surface area (Å²) in [6, 6.07) is 3.90. The number of amides is 2. The highest BCUT2D eigenvalue weighted by Gasteiger charge is 2.33. The molecule has 31 heavy (non-hydrogen) atoms. The summed E-state index contributed by atoms with van der Waals surface area (Å²) in [6.07, 6.45) is 2.83. The van der Waals surface area contributed by atoms with E-state index in [9.17, 15) is 9.59 Å². The van der Waals surface area contributed by atoms with E-state index in [-0.39, 0.29) is 24.2 Å². The van der Waals surface area contributed by atoms with Crippen LogP contribution in [0.3, 0.4) is 0 Å². The average molecular weight is 443 g/mol. The summed E-state index contributed by atoms with van der Waals surface area (Å²) in [5, 5.41) is 7.86. The number of hydrogen-bond donors (Lipinski definition) is 1. The lowest BCUT2D eigenvalue weighted by Crippen LogP contribution is -2.30. The van der Waals surface area contributed by atoms with Crippen LogP contribution in [0.25, 0.3) is 10.2 Å². The van der Waals surface area contributed by atoms with E-state index < -0.39 is 0 Å². The normalized spacial score (nSPS) is 16.2. The maximum atomic E-state index is 12.9. The Labute approximate surface area is 184 Å². The van der Waals surface area contributed by atoms with Crippen molar-refractivity contribution in [3.63, 3.8) is 0 Å². The molecule has 1 aliphatic rings. The van der Waals surface area contributed by atoms with Gasteiger partial charge in [0, 0.05) is 49.8 Å². The molecule has 1 atom stereocenters. The number of rotatable bonds is 7. The lowest BCUT2D eigenvalue weighted by Gasteiger charge is -2.17. The summed E-state index contributed by atoms with van der Waals surface area (Å²) in [4.78, 5) is 33.7. The Morgan fingerprint density at radius 2 is 2.23 bits per heavy atom. The lowest BCUT2D eigenvalue weighted by atomic mass is 9.95. The molecule has 4 heterocycles. The Morgan fingerprint density at radius 1 is 1.39 bits per heavy atom. The number of aryl methyl sites for hydroxylation is 2. The summed E-state index contributed by atoms with van der Waals surface area (Å²) in [7, 11) is 1.60. The molecule has 1 N–H and O–H groups in total. The smallest absolute Gasteiger partial charge is 0.261 e. The molecule has 0 radical (unpaired) electrons. The number of carbonyl (C=O) groups excluding carboxylic acids is 2. The van der Waals surface area contributed by atoms with E-state index in [0.29, 0.717) is 36.9 Å². The zero-order valence-electron chi connectivity index (χ0n) is 17.9. The van der Waals surface area contributed by atoms with Crippen molar-refractivity contribution in [1.82, 2.24) is 20.4 Å². The van der Waals surface area contributed by atoms with Gasteiger partial charge in [0.15, 0.2) is 0 Å². The first-order valence-corrected chi connectivity index (χ1v) is 11.1. The van der Waals surface area contributed by atoms with Crippen LogP contribution in [-0.2, 0) is 16.0 Å². The number of likely N-dealkylation sites (tertiary alicyclic amines) is 1. The standard InChI is InChI=1S/C22H26N4O4S/c1-13-17(14(2)30-25-13)11-18(27)26-9-6-15(12-26)19-16-5-4-7-24-22(16)31-20(19)21(28)23-8-10-29-3/h4-5,7,15H,6,8-12H2,1-3H3,(H,23,28)/t15-/m0/s1. The molecule has 164 valence electrons. The molecule has 1 aliphatic heterocycles. The fourth-order valence-electron chi connectivity index (χ4n) is 4.11. The molecule has 1 saturated heterocycles. The van der Waals surface area contributed by atoms with Crippen LogP contribution in [0, 0.1) is 13.8 Å². The molecule has 9 heteroatoms. The molecule has 1 fully saturated rings. The molecule has 0 saturated carbocycles. The third-order valence-corrected chi connectivity index (χ3v) is 6.89. The predicted octanol–water partition coefficient (Wildman–Crippen LogP) is 2.84. The van der Waals surface area contributed by atoms with Gasteiger partial charge in [-0.05, 0) is 31.9 Å². The highest BCUT2D eigenvalue weighted by atomic mass is 32.1. The number of thiophene rings is 1. The largest absolute Gasteiger partial charge is 0.383 e. The van der Waals surface area contributed by atoms with Crippen molar-refractivity contribution in [2.24, 2.45) is 0 Å². The lowest BCUT2D eigenvalue weighted by molar-refractivity contribution is -0.129. The summed E-state index contributed by atoms with van der Waals surface area (Å²) >= 11 is 1.41. The Bertz CT molecular complexity index is 1090. The van der Waals surface area contributed by atoms with Gasteiger partial charge in [-0.25, -0.2) is 4.98 Å². The molecule has 0 aromatic carbocycles. The number of nitrogens with one attached hydrogen (secondary N) is 1. The molecule has 0 bridgehead atoms. The monoisotopic (exact) mass is 442 g/mol. The number of nitrogens with zero attached hydrogens (tertiary/aromatic N) is 3. The van der Waals surface area contributed by atoms with Crippen molar-refractivity contribution in [3.8, 4) is 0 Å². The Balaban J connectivity index is 1.55. The number of fused-ring (bicyclic) bond motifs is 1. The maximum absolute atomic E-state index is 12.9. The van der Waals surface area contributed by atoms with Crippen molar-refractivity contribution < 1.29 is 18.8 Å². The van der Waals surface area contributed by atoms with Crippen LogP contribution < -0.4 is 5.32 Å². The molecule has 8 nitrogen and oxygen atoms in total. The van der Waals surface area contributed by atoms with Crippen LogP contribution >= 0.6 is 11.3 Å². The van der Waals surface area contributed by atoms with Gasteiger partial charge in [-0.2, -0.15) is 0 Å². The fourth-order valence-corrected chi connectivity index (χ4v) is 5.26. The second kappa shape index (κ2) is 9.15. The molecule has 0 spiro atoms. The highest BCUT2D eigenvalue weighted by molar-refractivity contribution is 7.20. The van der Waals surface area contributed by atoms with Gasteiger partial charge < -0.3 is 19.5 Å². The number of methoxy groups -OCH3 is 1. The zero-order valence-corrected chi connectivity index (χ0v) is 18.8. The molecule has 4 rings (SSSR count). The van der Waals surface area contributed by atoms with Crippen molar-refractivity contribution in [2.75, 3.05) is 33.4 Å². The first-order valence-electron chi connectivity index (χ1n) is 10.3.